The van der Waals surface area contributed by atoms with Crippen molar-refractivity contribution < 1.29 is 33.5 Å². The molecule has 2 aromatic carbocycles. The van der Waals surface area contributed by atoms with Crippen LogP contribution in [0.15, 0.2) is 60.7 Å². The Morgan fingerprint density at radius 1 is 1.12 bits per heavy atom. The maximum Gasteiger partial charge on any atom is 0.338 e. The number of carbonyl (C=O) groups excluding carboxylic acids is 3. The number of hydrogen-bond donors (Lipinski definition) is 0. The number of hydrogen-bond acceptors (Lipinski definition) is 8. The Morgan fingerprint density at radius 3 is 2.35 bits per heavy atom. The van der Waals surface area contributed by atoms with Crippen molar-refractivity contribution in [2.45, 2.75) is 6.29 Å². The second kappa shape index (κ2) is 9.72. The summed E-state index contributed by atoms with van der Waals surface area (Å²) in [6.45, 7) is 0.149. The van der Waals surface area contributed by atoms with Crippen molar-refractivity contribution in [1.29, 1.82) is 0 Å². The van der Waals surface area contributed by atoms with Gasteiger partial charge in [0.15, 0.2) is 6.29 Å². The van der Waals surface area contributed by atoms with Crippen LogP contribution in [-0.4, -0.2) is 48.4 Å². The molecule has 0 aliphatic carbocycles. The van der Waals surface area contributed by atoms with Crippen LogP contribution in [0.4, 0.5) is 11.4 Å². The summed E-state index contributed by atoms with van der Waals surface area (Å²) in [6, 6.07) is 11.8. The van der Waals surface area contributed by atoms with Gasteiger partial charge < -0.3 is 14.2 Å². The average molecular weight is 487 g/mol. The van der Waals surface area contributed by atoms with Crippen LogP contribution >= 0.6 is 11.6 Å². The minimum Gasteiger partial charge on any atom is -0.461 e. The number of non-ortho nitro benzene ring substituents is 1. The van der Waals surface area contributed by atoms with Crippen LogP contribution < -0.4 is 4.90 Å². The molecule has 2 heterocycles. The molecule has 2 amide bonds. The van der Waals surface area contributed by atoms with Crippen molar-refractivity contribution in [3.05, 3.63) is 81.9 Å². The van der Waals surface area contributed by atoms with Gasteiger partial charge in [0.2, 0.25) is 0 Å². The molecule has 2 aliphatic heterocycles. The monoisotopic (exact) mass is 486 g/mol. The van der Waals surface area contributed by atoms with Crippen molar-refractivity contribution in [2.75, 3.05) is 30.6 Å². The molecule has 10 nitrogen and oxygen atoms in total. The van der Waals surface area contributed by atoms with E-state index >= 15 is 0 Å². The number of alkyl halides is 1. The van der Waals surface area contributed by atoms with Gasteiger partial charge in [-0.2, -0.15) is 0 Å². The van der Waals surface area contributed by atoms with Gasteiger partial charge >= 0.3 is 5.97 Å². The zero-order chi connectivity index (χ0) is 24.3. The van der Waals surface area contributed by atoms with E-state index in [1.54, 1.807) is 12.1 Å². The standard InChI is InChI=1S/C23H19ClN2O8/c24-11-23(13-33-22(34-14-23)16-2-1-3-18(10-16)26(30)31)12-32-21(29)15-4-6-17(7-5-15)25-19(27)8-9-20(25)28/h1-10,22H,11-14H2. The van der Waals surface area contributed by atoms with Crippen LogP contribution in [0.3, 0.4) is 0 Å². The SMILES string of the molecule is O=C(OCC1(CCl)COC(c2cccc([N+](=O)[O-])c2)OC1)c1ccc(N2C(=O)C=CC2=O)cc1. The minimum atomic E-state index is -0.801. The number of nitrogens with zero attached hydrogens (tertiary/aromatic N) is 2. The topological polar surface area (TPSA) is 125 Å². The second-order valence-corrected chi connectivity index (χ2v) is 8.18. The number of rotatable bonds is 7. The molecule has 0 N–H and O–H groups in total. The highest BCUT2D eigenvalue weighted by Crippen LogP contribution is 2.34. The molecular weight excluding hydrogens is 468 g/mol. The van der Waals surface area contributed by atoms with E-state index in [1.807, 2.05) is 0 Å². The Labute approximate surface area is 198 Å². The van der Waals surface area contributed by atoms with Crippen molar-refractivity contribution in [3.63, 3.8) is 0 Å². The van der Waals surface area contributed by atoms with Crippen LogP contribution in [0.25, 0.3) is 0 Å². The third kappa shape index (κ3) is 4.84. The first kappa shape index (κ1) is 23.6. The molecule has 176 valence electrons. The number of benzene rings is 2. The van der Waals surface area contributed by atoms with Crippen molar-refractivity contribution in [3.8, 4) is 0 Å². The van der Waals surface area contributed by atoms with E-state index in [9.17, 15) is 24.5 Å². The molecule has 0 unspecified atom stereocenters. The summed E-state index contributed by atoms with van der Waals surface area (Å²) in [5.74, 6) is -1.43. The lowest BCUT2D eigenvalue weighted by molar-refractivity contribution is -0.385. The van der Waals surface area contributed by atoms with E-state index in [-0.39, 0.29) is 37.0 Å². The zero-order valence-electron chi connectivity index (χ0n) is 17.7. The average Bonchev–Trinajstić information content (AvgIpc) is 3.20. The molecule has 2 aromatic rings. The van der Waals surface area contributed by atoms with Crippen molar-refractivity contribution >= 4 is 40.8 Å². The van der Waals surface area contributed by atoms with Crippen LogP contribution in [0.5, 0.6) is 0 Å². The number of nitro benzene ring substituents is 1. The maximum atomic E-state index is 12.5. The number of halogens is 1. The Hall–Kier alpha value is -3.60. The predicted molar refractivity (Wildman–Crippen MR) is 119 cm³/mol. The number of anilines is 1. The molecule has 0 aromatic heterocycles. The van der Waals surface area contributed by atoms with Crippen LogP contribution in [0, 0.1) is 15.5 Å². The lowest BCUT2D eigenvalue weighted by Crippen LogP contribution is -2.44. The number of amides is 2. The Balaban J connectivity index is 1.35. The molecule has 2 aliphatic rings. The van der Waals surface area contributed by atoms with Gasteiger partial charge in [0, 0.05) is 35.7 Å². The van der Waals surface area contributed by atoms with E-state index < -0.39 is 34.4 Å². The number of nitro groups is 1. The highest BCUT2D eigenvalue weighted by Gasteiger charge is 2.39. The first-order valence-electron chi connectivity index (χ1n) is 10.2. The Bertz CT molecular complexity index is 1140. The first-order valence-corrected chi connectivity index (χ1v) is 10.7. The third-order valence-electron chi connectivity index (χ3n) is 5.40. The predicted octanol–water partition coefficient (Wildman–Crippen LogP) is 3.15. The Morgan fingerprint density at radius 2 is 1.76 bits per heavy atom. The quantitative estimate of drug-likeness (QED) is 0.192. The highest BCUT2D eigenvalue weighted by molar-refractivity contribution is 6.28. The molecular formula is C23H19ClN2O8. The molecule has 1 fully saturated rings. The fourth-order valence-corrected chi connectivity index (χ4v) is 3.71. The number of carbonyl (C=O) groups is 3. The maximum absolute atomic E-state index is 12.5. The van der Waals surface area contributed by atoms with Gasteiger partial charge in [-0.15, -0.1) is 11.6 Å². The zero-order valence-corrected chi connectivity index (χ0v) is 18.5. The fourth-order valence-electron chi connectivity index (χ4n) is 3.47. The van der Waals surface area contributed by atoms with Crippen molar-refractivity contribution in [1.82, 2.24) is 0 Å². The molecule has 0 saturated carbocycles. The molecule has 0 radical (unpaired) electrons. The lowest BCUT2D eigenvalue weighted by Gasteiger charge is -2.38. The summed E-state index contributed by atoms with van der Waals surface area (Å²) in [6.07, 6.45) is 1.55. The Kier molecular flexibility index (Phi) is 6.73. The summed E-state index contributed by atoms with van der Waals surface area (Å²) in [5.41, 5.74) is 0.199. The largest absolute Gasteiger partial charge is 0.461 e. The molecule has 0 atom stereocenters. The van der Waals surface area contributed by atoms with Crippen LogP contribution in [0.1, 0.15) is 22.2 Å². The van der Waals surface area contributed by atoms with E-state index in [4.69, 9.17) is 25.8 Å². The van der Waals surface area contributed by atoms with Gasteiger partial charge in [-0.3, -0.25) is 19.7 Å². The van der Waals surface area contributed by atoms with E-state index in [2.05, 4.69) is 0 Å². The van der Waals surface area contributed by atoms with E-state index in [1.165, 1.54) is 48.6 Å². The molecule has 0 bridgehead atoms. The molecule has 34 heavy (non-hydrogen) atoms. The van der Waals surface area contributed by atoms with Crippen LogP contribution in [-0.2, 0) is 23.8 Å². The molecule has 11 heteroatoms. The first-order chi connectivity index (χ1) is 16.3. The van der Waals surface area contributed by atoms with E-state index in [0.29, 0.717) is 11.3 Å². The third-order valence-corrected chi connectivity index (χ3v) is 5.97. The van der Waals surface area contributed by atoms with Gasteiger partial charge in [0.05, 0.1) is 34.8 Å². The van der Waals surface area contributed by atoms with Crippen molar-refractivity contribution in [2.24, 2.45) is 5.41 Å². The fraction of sp³-hybridized carbons (Fsp3) is 0.261. The smallest absolute Gasteiger partial charge is 0.338 e. The number of ether oxygens (including phenoxy) is 3. The summed E-state index contributed by atoms with van der Waals surface area (Å²) < 4.78 is 16.9. The molecule has 1 saturated heterocycles. The van der Waals surface area contributed by atoms with Gasteiger partial charge in [-0.25, -0.2) is 9.69 Å². The number of imide groups is 1. The number of esters is 1. The molecule has 0 spiro atoms. The summed E-state index contributed by atoms with van der Waals surface area (Å²) in [4.78, 5) is 47.5. The molecule has 4 rings (SSSR count). The lowest BCUT2D eigenvalue weighted by atomic mass is 9.93. The van der Waals surface area contributed by atoms with Gasteiger partial charge in [-0.05, 0) is 24.3 Å². The highest BCUT2D eigenvalue weighted by atomic mass is 35.5. The second-order valence-electron chi connectivity index (χ2n) is 7.91. The summed E-state index contributed by atoms with van der Waals surface area (Å²) in [7, 11) is 0. The summed E-state index contributed by atoms with van der Waals surface area (Å²) in [5, 5.41) is 11.0. The summed E-state index contributed by atoms with van der Waals surface area (Å²) >= 11 is 6.13. The van der Waals surface area contributed by atoms with E-state index in [0.717, 1.165) is 4.90 Å². The van der Waals surface area contributed by atoms with Gasteiger partial charge in [0.25, 0.3) is 17.5 Å². The van der Waals surface area contributed by atoms with Gasteiger partial charge in [-0.1, -0.05) is 12.1 Å². The van der Waals surface area contributed by atoms with Crippen LogP contribution in [0.2, 0.25) is 0 Å². The van der Waals surface area contributed by atoms with Gasteiger partial charge in [0.1, 0.15) is 6.61 Å². The normalized spacial score (nSPS) is 22.1. The minimum absolute atomic E-state index is 0.0754.